The normalized spacial score (nSPS) is 17.1. The maximum Gasteiger partial charge on any atom is 0.255 e. The zero-order valence-corrected chi connectivity index (χ0v) is 22.9. The number of aryl methyl sites for hydroxylation is 3. The van der Waals surface area contributed by atoms with Crippen molar-refractivity contribution < 1.29 is 19.1 Å². The summed E-state index contributed by atoms with van der Waals surface area (Å²) in [5.74, 6) is 0.920. The molecule has 6 rings (SSSR count). The van der Waals surface area contributed by atoms with Crippen LogP contribution in [0.25, 0.3) is 33.2 Å². The number of aromatic nitrogens is 1. The van der Waals surface area contributed by atoms with Gasteiger partial charge in [0.2, 0.25) is 0 Å². The van der Waals surface area contributed by atoms with Crippen LogP contribution in [0.2, 0.25) is 0 Å². The van der Waals surface area contributed by atoms with Crippen LogP contribution in [-0.4, -0.2) is 34.2 Å². The van der Waals surface area contributed by atoms with E-state index in [0.29, 0.717) is 29.9 Å². The van der Waals surface area contributed by atoms with Crippen molar-refractivity contribution >= 4 is 27.8 Å². The first-order chi connectivity index (χ1) is 18.7. The predicted molar refractivity (Wildman–Crippen MR) is 154 cm³/mol. The largest absolute Gasteiger partial charge is 0.490 e. The number of H-pyrrole nitrogens is 1. The molecule has 6 nitrogen and oxygen atoms in total. The van der Waals surface area contributed by atoms with E-state index in [1.54, 1.807) is 0 Å². The van der Waals surface area contributed by atoms with Gasteiger partial charge in [0, 0.05) is 34.0 Å². The highest BCUT2D eigenvalue weighted by Gasteiger charge is 2.38. The molecule has 2 heterocycles. The van der Waals surface area contributed by atoms with Crippen molar-refractivity contribution in [3.05, 3.63) is 88.6 Å². The van der Waals surface area contributed by atoms with Gasteiger partial charge in [0.25, 0.3) is 5.91 Å². The first-order valence-electron chi connectivity index (χ1n) is 13.6. The van der Waals surface area contributed by atoms with Gasteiger partial charge >= 0.3 is 0 Å². The van der Waals surface area contributed by atoms with E-state index in [-0.39, 0.29) is 18.6 Å². The predicted octanol–water partition coefficient (Wildman–Crippen LogP) is 6.63. The lowest BCUT2D eigenvalue weighted by atomic mass is 9.79. The van der Waals surface area contributed by atoms with Gasteiger partial charge in [-0.3, -0.25) is 4.79 Å². The molecule has 0 fully saturated rings. The highest BCUT2D eigenvalue weighted by molar-refractivity contribution is 5.99. The number of hydrogen-bond acceptors (Lipinski definition) is 4. The molecule has 0 saturated carbocycles. The maximum atomic E-state index is 13.9. The van der Waals surface area contributed by atoms with E-state index >= 15 is 0 Å². The lowest BCUT2D eigenvalue weighted by molar-refractivity contribution is 0.0803. The van der Waals surface area contributed by atoms with Gasteiger partial charge in [0.15, 0.2) is 0 Å². The van der Waals surface area contributed by atoms with E-state index in [2.05, 4.69) is 36.3 Å². The van der Waals surface area contributed by atoms with Crippen molar-refractivity contribution in [2.45, 2.75) is 58.6 Å². The summed E-state index contributed by atoms with van der Waals surface area (Å²) in [5, 5.41) is 16.1. The molecule has 3 N–H and O–H groups in total. The molecule has 0 aliphatic heterocycles. The first-order valence-corrected chi connectivity index (χ1v) is 13.6. The molecule has 1 atom stereocenters. The van der Waals surface area contributed by atoms with Crippen molar-refractivity contribution in [3.8, 4) is 17.1 Å². The summed E-state index contributed by atoms with van der Waals surface area (Å²) >= 11 is 0. The third-order valence-corrected chi connectivity index (χ3v) is 7.78. The van der Waals surface area contributed by atoms with Gasteiger partial charge < -0.3 is 24.6 Å². The topological polar surface area (TPSA) is 87.5 Å². The monoisotopic (exact) mass is 522 g/mol. The number of furan rings is 1. The van der Waals surface area contributed by atoms with Crippen molar-refractivity contribution in [3.63, 3.8) is 0 Å². The number of aliphatic hydroxyl groups excluding tert-OH is 1. The second-order valence-corrected chi connectivity index (χ2v) is 11.2. The van der Waals surface area contributed by atoms with Gasteiger partial charge in [-0.1, -0.05) is 24.3 Å². The fraction of sp³-hybridized carbons (Fsp3) is 0.303. The van der Waals surface area contributed by atoms with Gasteiger partial charge in [-0.25, -0.2) is 0 Å². The fourth-order valence-electron chi connectivity index (χ4n) is 5.99. The lowest BCUT2D eigenvalue weighted by Crippen LogP contribution is -2.54. The summed E-state index contributed by atoms with van der Waals surface area (Å²) in [4.78, 5) is 17.5. The van der Waals surface area contributed by atoms with E-state index < -0.39 is 5.54 Å². The van der Waals surface area contributed by atoms with Gasteiger partial charge in [-0.05, 0) is 93.6 Å². The quantitative estimate of drug-likeness (QED) is 0.233. The number of aromatic amines is 1. The Labute approximate surface area is 228 Å². The minimum atomic E-state index is -0.777. The van der Waals surface area contributed by atoms with Crippen LogP contribution >= 0.6 is 0 Å². The molecular formula is C33H34N2O4. The highest BCUT2D eigenvalue weighted by Crippen LogP contribution is 2.37. The van der Waals surface area contributed by atoms with E-state index in [0.717, 1.165) is 28.5 Å². The number of rotatable bonds is 6. The number of ether oxygens (including phenoxy) is 1. The molecule has 1 amide bonds. The Bertz CT molecular complexity index is 1680. The van der Waals surface area contributed by atoms with E-state index in [4.69, 9.17) is 9.15 Å². The van der Waals surface area contributed by atoms with Crippen molar-refractivity contribution in [1.82, 2.24) is 10.3 Å². The van der Waals surface area contributed by atoms with Crippen LogP contribution in [0, 0.1) is 13.8 Å². The Morgan fingerprint density at radius 3 is 2.72 bits per heavy atom. The van der Waals surface area contributed by atoms with E-state index in [1.165, 1.54) is 27.8 Å². The molecule has 1 aliphatic carbocycles. The van der Waals surface area contributed by atoms with Crippen LogP contribution in [-0.2, 0) is 12.8 Å². The Kier molecular flexibility index (Phi) is 6.23. The van der Waals surface area contributed by atoms with Crippen LogP contribution in [0.15, 0.2) is 65.1 Å². The van der Waals surface area contributed by atoms with Crippen molar-refractivity contribution in [2.24, 2.45) is 0 Å². The SMILES string of the molecule is Cc1cc(C)c2c3c([nH]c2c1)CCC(CO)(NC(=O)c1cc(-c2cc4ccccc4o2)ccc1OC(C)C)C3. The standard InChI is InChI=1S/C33H34N2O4/c1-19(2)38-29-10-9-23(30-16-22-7-5-6-8-28(22)39-30)15-24(29)32(37)35-33(18-36)12-11-26-25(17-33)31-21(4)13-20(3)14-27(31)34-26/h5-10,13-16,19,34,36H,11-12,17-18H2,1-4H3,(H,35,37). The van der Waals surface area contributed by atoms with Gasteiger partial charge in [-0.2, -0.15) is 0 Å². The summed E-state index contributed by atoms with van der Waals surface area (Å²) in [5.41, 5.74) is 7.12. The number of aliphatic hydroxyl groups is 1. The van der Waals surface area contributed by atoms with Crippen LogP contribution < -0.4 is 10.1 Å². The average molecular weight is 523 g/mol. The second-order valence-electron chi connectivity index (χ2n) is 11.2. The molecule has 5 aromatic rings. The number of para-hydroxylation sites is 1. The van der Waals surface area contributed by atoms with Crippen LogP contribution in [0.3, 0.4) is 0 Å². The smallest absolute Gasteiger partial charge is 0.255 e. The molecule has 1 unspecified atom stereocenters. The summed E-state index contributed by atoms with van der Waals surface area (Å²) in [7, 11) is 0. The van der Waals surface area contributed by atoms with Crippen molar-refractivity contribution in [1.29, 1.82) is 0 Å². The fourth-order valence-corrected chi connectivity index (χ4v) is 5.99. The van der Waals surface area contributed by atoms with Gasteiger partial charge in [0.05, 0.1) is 23.8 Å². The van der Waals surface area contributed by atoms with Gasteiger partial charge in [0.1, 0.15) is 17.1 Å². The molecule has 200 valence electrons. The molecule has 39 heavy (non-hydrogen) atoms. The maximum absolute atomic E-state index is 13.9. The Hall–Kier alpha value is -4.03. The summed E-state index contributed by atoms with van der Waals surface area (Å²) in [6.07, 6.45) is 1.84. The number of nitrogens with one attached hydrogen (secondary N) is 2. The molecular weight excluding hydrogens is 488 g/mol. The molecule has 1 aliphatic rings. The zero-order chi connectivity index (χ0) is 27.3. The zero-order valence-electron chi connectivity index (χ0n) is 22.9. The van der Waals surface area contributed by atoms with Crippen LogP contribution in [0.5, 0.6) is 5.75 Å². The summed E-state index contributed by atoms with van der Waals surface area (Å²) in [6, 6.07) is 19.7. The van der Waals surface area contributed by atoms with Crippen molar-refractivity contribution in [2.75, 3.05) is 6.61 Å². The Balaban J connectivity index is 1.36. The molecule has 3 aromatic carbocycles. The summed E-state index contributed by atoms with van der Waals surface area (Å²) < 4.78 is 12.1. The Morgan fingerprint density at radius 2 is 1.95 bits per heavy atom. The summed E-state index contributed by atoms with van der Waals surface area (Å²) in [6.45, 7) is 7.94. The molecule has 2 aromatic heterocycles. The lowest BCUT2D eigenvalue weighted by Gasteiger charge is -2.37. The number of carbonyl (C=O) groups excluding carboxylic acids is 1. The average Bonchev–Trinajstić information content (AvgIpc) is 3.49. The number of amides is 1. The van der Waals surface area contributed by atoms with Crippen LogP contribution in [0.4, 0.5) is 0 Å². The minimum absolute atomic E-state index is 0.102. The molecule has 0 saturated heterocycles. The van der Waals surface area contributed by atoms with E-state index in [9.17, 15) is 9.90 Å². The number of hydrogen-bond donors (Lipinski definition) is 3. The molecule has 0 bridgehead atoms. The van der Waals surface area contributed by atoms with Gasteiger partial charge in [-0.15, -0.1) is 0 Å². The third-order valence-electron chi connectivity index (χ3n) is 7.78. The Morgan fingerprint density at radius 1 is 1.13 bits per heavy atom. The molecule has 6 heteroatoms. The number of benzene rings is 3. The highest BCUT2D eigenvalue weighted by atomic mass is 16.5. The first kappa shape index (κ1) is 25.3. The number of fused-ring (bicyclic) bond motifs is 4. The third kappa shape index (κ3) is 4.59. The van der Waals surface area contributed by atoms with E-state index in [1.807, 2.05) is 62.4 Å². The second kappa shape index (κ2) is 9.62. The molecule has 0 radical (unpaired) electrons. The van der Waals surface area contributed by atoms with Crippen LogP contribution in [0.1, 0.15) is 53.0 Å². The minimum Gasteiger partial charge on any atom is -0.490 e. The number of carbonyl (C=O) groups is 1. The molecule has 0 spiro atoms.